The molecule has 2 fully saturated rings. The Morgan fingerprint density at radius 3 is 1.35 bits per heavy atom. The van der Waals surface area contributed by atoms with Crippen LogP contribution in [-0.2, 0) is 18.9 Å². The van der Waals surface area contributed by atoms with E-state index in [1.165, 1.54) is 21.9 Å². The monoisotopic (exact) mass is 740 g/mol. The van der Waals surface area contributed by atoms with E-state index < -0.39 is 78.4 Å². The first-order chi connectivity index (χ1) is 22.0. The van der Waals surface area contributed by atoms with Crippen LogP contribution in [0.4, 0.5) is 18.4 Å². The van der Waals surface area contributed by atoms with Crippen molar-refractivity contribution in [3.8, 4) is 0 Å². The number of carboxylic acids is 1. The summed E-state index contributed by atoms with van der Waals surface area (Å²) in [6.45, 7) is 15.9. The largest absolute Gasteiger partial charge is 0.478 e. The van der Waals surface area contributed by atoms with Crippen LogP contribution in [-0.4, -0.2) is 81.1 Å². The van der Waals surface area contributed by atoms with Crippen LogP contribution in [0.5, 0.6) is 0 Å². The first-order valence-corrected chi connectivity index (χ1v) is 16.4. The molecule has 2 aromatic rings. The lowest BCUT2D eigenvalue weighted by molar-refractivity contribution is -0.0807. The molecule has 2 aromatic carbocycles. The summed E-state index contributed by atoms with van der Waals surface area (Å²) >= 11 is 3.38. The zero-order chi connectivity index (χ0) is 36.4. The second-order valence-electron chi connectivity index (χ2n) is 14.6. The van der Waals surface area contributed by atoms with Crippen LogP contribution in [0.25, 0.3) is 0 Å². The van der Waals surface area contributed by atoms with Crippen molar-refractivity contribution < 1.29 is 47.2 Å². The molecule has 10 nitrogen and oxygen atoms in total. The van der Waals surface area contributed by atoms with Gasteiger partial charge >= 0.3 is 18.2 Å². The number of halogens is 3. The average Bonchev–Trinajstić information content (AvgIpc) is 3.40. The molecule has 0 radical (unpaired) electrons. The van der Waals surface area contributed by atoms with Gasteiger partial charge in [0.2, 0.25) is 0 Å². The van der Waals surface area contributed by atoms with Gasteiger partial charge in [0, 0.05) is 4.47 Å². The quantitative estimate of drug-likeness (QED) is 0.324. The van der Waals surface area contributed by atoms with Crippen molar-refractivity contribution in [2.24, 2.45) is 0 Å². The molecule has 266 valence electrons. The fourth-order valence-electron chi connectivity index (χ4n) is 5.64. The van der Waals surface area contributed by atoms with Gasteiger partial charge in [-0.2, -0.15) is 0 Å². The summed E-state index contributed by atoms with van der Waals surface area (Å²) < 4.78 is 51.2. The van der Waals surface area contributed by atoms with E-state index in [0.717, 1.165) is 10.0 Å². The number of carboxylic acid groups (broad SMARTS) is 1. The number of amides is 2. The van der Waals surface area contributed by atoms with E-state index in [9.17, 15) is 23.2 Å². The number of nitrogens with zero attached hydrogens (tertiary/aromatic N) is 2. The minimum atomic E-state index is -1.06. The Morgan fingerprint density at radius 1 is 0.729 bits per heavy atom. The number of alkyl halides is 2. The highest BCUT2D eigenvalue weighted by molar-refractivity contribution is 9.10. The van der Waals surface area contributed by atoms with Crippen LogP contribution in [0.1, 0.15) is 103 Å². The fourth-order valence-corrected chi connectivity index (χ4v) is 5.91. The van der Waals surface area contributed by atoms with E-state index in [1.807, 2.05) is 24.3 Å². The van der Waals surface area contributed by atoms with Crippen molar-refractivity contribution in [1.82, 2.24) is 9.80 Å². The Balaban J connectivity index is 0.000000261. The maximum absolute atomic E-state index is 13.8. The third kappa shape index (κ3) is 9.44. The summed E-state index contributed by atoms with van der Waals surface area (Å²) in [6.07, 6.45) is -2.46. The van der Waals surface area contributed by atoms with E-state index in [1.54, 1.807) is 81.4 Å². The van der Waals surface area contributed by atoms with Crippen LogP contribution in [0, 0.1) is 0 Å². The van der Waals surface area contributed by atoms with Gasteiger partial charge in [-0.15, -0.1) is 0 Å². The number of carbonyl (C=O) groups is 3. The predicted octanol–water partition coefficient (Wildman–Crippen LogP) is 8.60. The first-order valence-electron chi connectivity index (χ1n) is 15.6. The van der Waals surface area contributed by atoms with Gasteiger partial charge in [0.25, 0.3) is 0 Å². The topological polar surface area (TPSA) is 115 Å². The van der Waals surface area contributed by atoms with E-state index in [4.69, 9.17) is 24.1 Å². The van der Waals surface area contributed by atoms with Gasteiger partial charge in [-0.1, -0.05) is 40.2 Å². The molecule has 2 aliphatic heterocycles. The number of aromatic carboxylic acids is 1. The molecule has 1 N–H and O–H groups in total. The molecule has 2 saturated heterocycles. The zero-order valence-corrected chi connectivity index (χ0v) is 30.8. The number of carbonyl (C=O) groups excluding carboxylic acids is 2. The average molecular weight is 742 g/mol. The molecule has 0 bridgehead atoms. The van der Waals surface area contributed by atoms with E-state index in [0.29, 0.717) is 5.56 Å². The molecular weight excluding hydrogens is 694 g/mol. The lowest BCUT2D eigenvalue weighted by atomic mass is 10.0. The van der Waals surface area contributed by atoms with Crippen LogP contribution >= 0.6 is 15.9 Å². The van der Waals surface area contributed by atoms with E-state index in [2.05, 4.69) is 15.9 Å². The van der Waals surface area contributed by atoms with Gasteiger partial charge in [-0.3, -0.25) is 9.80 Å². The molecule has 2 heterocycles. The molecule has 2 aliphatic rings. The molecule has 13 heteroatoms. The molecule has 4 rings (SSSR count). The molecule has 0 aromatic heterocycles. The van der Waals surface area contributed by atoms with Crippen molar-refractivity contribution in [1.29, 1.82) is 0 Å². The smallest absolute Gasteiger partial charge is 0.413 e. The van der Waals surface area contributed by atoms with Gasteiger partial charge in [-0.05, 0) is 105 Å². The minimum Gasteiger partial charge on any atom is -0.478 e. The van der Waals surface area contributed by atoms with Crippen LogP contribution in [0.15, 0.2) is 53.0 Å². The Bertz CT molecular complexity index is 1440. The van der Waals surface area contributed by atoms with Gasteiger partial charge in [0.1, 0.15) is 48.2 Å². The summed E-state index contributed by atoms with van der Waals surface area (Å²) in [7, 11) is 0. The lowest BCUT2D eigenvalue weighted by Crippen LogP contribution is -2.50. The zero-order valence-electron chi connectivity index (χ0n) is 29.2. The Morgan fingerprint density at radius 2 is 1.06 bits per heavy atom. The molecule has 0 spiro atoms. The van der Waals surface area contributed by atoms with Crippen molar-refractivity contribution in [2.75, 3.05) is 13.3 Å². The summed E-state index contributed by atoms with van der Waals surface area (Å²) in [5, 5.41) is 8.98. The summed E-state index contributed by atoms with van der Waals surface area (Å²) in [6, 6.07) is 11.9. The van der Waals surface area contributed by atoms with Gasteiger partial charge in [0.15, 0.2) is 0 Å². The van der Waals surface area contributed by atoms with Gasteiger partial charge in [-0.25, -0.2) is 23.2 Å². The third-order valence-corrected chi connectivity index (χ3v) is 8.06. The number of benzene rings is 2. The van der Waals surface area contributed by atoms with Crippen molar-refractivity contribution in [3.05, 3.63) is 69.7 Å². The molecule has 0 saturated carbocycles. The number of hydrogen-bond acceptors (Lipinski definition) is 7. The van der Waals surface area contributed by atoms with Crippen molar-refractivity contribution >= 4 is 34.1 Å². The lowest BCUT2D eigenvalue weighted by Gasteiger charge is -2.34. The van der Waals surface area contributed by atoms with Crippen LogP contribution < -0.4 is 0 Å². The molecule has 2 amide bonds. The highest BCUT2D eigenvalue weighted by atomic mass is 79.9. The van der Waals surface area contributed by atoms with Crippen LogP contribution in [0.3, 0.4) is 0 Å². The first kappa shape index (κ1) is 39.2. The standard InChI is InChI=1S/C18H24FNO5.C17H23BrFNO3/c1-17(2,3)25-16(23)20-13(10-19)14(24-18(20,4)5)11-6-8-12(9-7-11)15(21)22;1-16(2,3)23-15(21)20-13(10-19)14(22-17(20,4)5)11-6-8-12(18)9-7-11/h6-9,13-14H,10H2,1-5H3,(H,21,22);6-9,13-14H,10H2,1-5H3/t2*13-,14-/m11/s1. The fraction of sp³-hybridized carbons (Fsp3) is 0.571. The maximum Gasteiger partial charge on any atom is 0.413 e. The second-order valence-corrected chi connectivity index (χ2v) is 15.5. The van der Waals surface area contributed by atoms with Crippen molar-refractivity contribution in [3.63, 3.8) is 0 Å². The third-order valence-electron chi connectivity index (χ3n) is 7.53. The highest BCUT2D eigenvalue weighted by Gasteiger charge is 2.53. The normalized spacial score (nSPS) is 23.3. The summed E-state index contributed by atoms with van der Waals surface area (Å²) in [5.74, 6) is -1.04. The SMILES string of the molecule is CC(C)(C)OC(=O)N1[C@H](CF)[C@@H](c2ccc(Br)cc2)OC1(C)C.CC(C)(C)OC(=O)N1[C@H](CF)[C@@H](c2ccc(C(=O)O)cc2)OC1(C)C. The molecule has 48 heavy (non-hydrogen) atoms. The van der Waals surface area contributed by atoms with Crippen molar-refractivity contribution in [2.45, 2.75) is 116 Å². The van der Waals surface area contributed by atoms with E-state index >= 15 is 0 Å². The molecule has 0 aliphatic carbocycles. The Labute approximate surface area is 289 Å². The number of ether oxygens (including phenoxy) is 4. The summed E-state index contributed by atoms with van der Waals surface area (Å²) in [4.78, 5) is 38.7. The van der Waals surface area contributed by atoms with Gasteiger partial charge < -0.3 is 24.1 Å². The summed E-state index contributed by atoms with van der Waals surface area (Å²) in [5.41, 5.74) is -1.81. The van der Waals surface area contributed by atoms with Crippen LogP contribution in [0.2, 0.25) is 0 Å². The maximum atomic E-state index is 13.8. The molecule has 4 atom stereocenters. The van der Waals surface area contributed by atoms with Gasteiger partial charge in [0.05, 0.1) is 17.6 Å². The Hall–Kier alpha value is -3.29. The highest BCUT2D eigenvalue weighted by Crippen LogP contribution is 2.43. The minimum absolute atomic E-state index is 0.127. The molecule has 0 unspecified atom stereocenters. The predicted molar refractivity (Wildman–Crippen MR) is 179 cm³/mol. The Kier molecular flexibility index (Phi) is 12.0. The number of rotatable bonds is 5. The van der Waals surface area contributed by atoms with E-state index in [-0.39, 0.29) is 5.56 Å². The molecular formula is C35H47BrF2N2O8. The number of hydrogen-bond donors (Lipinski definition) is 1. The second kappa shape index (κ2) is 14.7.